The smallest absolute Gasteiger partial charge is 0.259 e. The minimum atomic E-state index is -2.22. The third-order valence-electron chi connectivity index (χ3n) is 23.0. The Morgan fingerprint density at radius 1 is 0.768 bits per heavy atom. The largest absolute Gasteiger partial charge is 0.338 e. The first kappa shape index (κ1) is 51.2. The highest BCUT2D eigenvalue weighted by Gasteiger charge is 2.56. The van der Waals surface area contributed by atoms with Gasteiger partial charge in [-0.2, -0.15) is 0 Å². The van der Waals surface area contributed by atoms with Gasteiger partial charge in [-0.05, 0) is 209 Å². The zero-order chi connectivity index (χ0) is 59.7. The van der Waals surface area contributed by atoms with E-state index in [-0.39, 0.29) is 39.8 Å². The van der Waals surface area contributed by atoms with Crippen LogP contribution in [0.15, 0.2) is 166 Å². The molecule has 9 aliphatic carbocycles. The van der Waals surface area contributed by atoms with E-state index < -0.39 is 18.8 Å². The predicted molar refractivity (Wildman–Crippen MR) is 354 cm³/mol. The molecule has 426 valence electrons. The van der Waals surface area contributed by atoms with Crippen molar-refractivity contribution in [1.82, 2.24) is 4.90 Å². The summed E-state index contributed by atoms with van der Waals surface area (Å²) in [5.41, 5.74) is 21.3. The van der Waals surface area contributed by atoms with Gasteiger partial charge in [-0.25, -0.2) is 0 Å². The quantitative estimate of drug-likeness (QED) is 0.228. The van der Waals surface area contributed by atoms with Crippen LogP contribution in [0, 0.1) is 45.3 Å². The summed E-state index contributed by atoms with van der Waals surface area (Å²) >= 11 is 2.10. The van der Waals surface area contributed by atoms with Gasteiger partial charge in [0.25, 0.3) is 6.71 Å². The molecule has 0 bridgehead atoms. The number of nitrogens with zero attached hydrogens (tertiary/aromatic N) is 3. The number of thiophene rings is 1. The lowest BCUT2D eigenvalue weighted by molar-refractivity contribution is 0.0326. The van der Waals surface area contributed by atoms with Crippen LogP contribution in [0.3, 0.4) is 0 Å². The predicted octanol–water partition coefficient (Wildman–Crippen LogP) is 20.2. The number of benzene rings is 2. The van der Waals surface area contributed by atoms with Crippen molar-refractivity contribution in [2.24, 2.45) is 45.3 Å². The zero-order valence-electron chi connectivity index (χ0n) is 55.0. The van der Waals surface area contributed by atoms with Crippen molar-refractivity contribution in [3.8, 4) is 0 Å². The molecule has 3 nitrogen and oxygen atoms in total. The summed E-state index contributed by atoms with van der Waals surface area (Å²) in [4.78, 5) is 8.27. The Balaban J connectivity index is 1.12. The molecule has 1 aromatic heterocycles. The van der Waals surface area contributed by atoms with E-state index in [2.05, 4.69) is 225 Å². The van der Waals surface area contributed by atoms with Gasteiger partial charge in [0.15, 0.2) is 0 Å². The van der Waals surface area contributed by atoms with Crippen molar-refractivity contribution in [3.63, 3.8) is 0 Å². The van der Waals surface area contributed by atoms with E-state index in [0.717, 1.165) is 44.2 Å². The summed E-state index contributed by atoms with van der Waals surface area (Å²) in [5, 5.41) is 1.41. The molecule has 2 fully saturated rings. The molecule has 0 N–H and O–H groups in total. The SMILES string of the molecule is [2H]C([2H])([2H])C1C=CC=CC1N(C1=CCCC=C1)C1=CC2=C3B(C4=C(CC5C(=C4)C(C)(C)CCC5(C)C)N2c2ccc(C(C)(C)C)cc2C2=CC=CCC2)c2sc4cc5c(cc4c2N(C2=CC4C(C=C2)C(C)(C)CCC4(C)C)C3C1)C(C)CCC5C. The van der Waals surface area contributed by atoms with Crippen LogP contribution in [0.2, 0.25) is 0 Å². The summed E-state index contributed by atoms with van der Waals surface area (Å²) in [6.45, 7) is 30.2. The van der Waals surface area contributed by atoms with Gasteiger partial charge >= 0.3 is 0 Å². The van der Waals surface area contributed by atoms with E-state index in [4.69, 9.17) is 0 Å². The lowest BCUT2D eigenvalue weighted by Gasteiger charge is -2.56. The molecular formula is C77H94BN3S. The van der Waals surface area contributed by atoms with Crippen LogP contribution < -0.4 is 14.6 Å². The fourth-order valence-corrected chi connectivity index (χ4v) is 19.0. The standard InChI is InChI=1S/C77H94BN3S/c1-47-29-30-48(2)56-44-69-58(43-55(47)56)71-72(82-69)78-63-45-61-62(77(13,14)38-37-76(61,11)12)46-66(63)81(65-34-31-51(73(4,5)6)39-57(65)50-24-17-15-18-25-50)68-42-54(79(52-26-19-16-20-27-52)64-28-22-21-23-49(64)3)41-67(70(68)78)80(71)53-32-33-59-60(40-53)75(9,10)36-35-74(59,7)8/h15,17,19,21-24,26-28,31-34,39-40,42-45,47-49,59-60,62,64,67H,16,18,20,25,29-30,35-38,41,46H2,1-14H3/i3D3. The second-order valence-electron chi connectivity index (χ2n) is 31.0. The average molecular weight is 1110 g/mol. The lowest BCUT2D eigenvalue weighted by atomic mass is 9.32. The van der Waals surface area contributed by atoms with Gasteiger partial charge < -0.3 is 14.7 Å². The number of hydrogen-bond acceptors (Lipinski definition) is 4. The normalized spacial score (nSPS) is 31.5. The second-order valence-corrected chi connectivity index (χ2v) is 32.1. The maximum Gasteiger partial charge on any atom is 0.259 e. The first-order valence-electron chi connectivity index (χ1n) is 33.7. The number of rotatable bonds is 6. The summed E-state index contributed by atoms with van der Waals surface area (Å²) in [6.07, 6.45) is 48.6. The molecule has 2 saturated carbocycles. The molecule has 8 unspecified atom stereocenters. The summed E-state index contributed by atoms with van der Waals surface area (Å²) < 4.78 is 30.6. The summed E-state index contributed by atoms with van der Waals surface area (Å²) in [5.74, 6) is 1.49. The minimum Gasteiger partial charge on any atom is -0.338 e. The number of anilines is 2. The van der Waals surface area contributed by atoms with E-state index in [9.17, 15) is 4.11 Å². The van der Waals surface area contributed by atoms with Gasteiger partial charge in [0.2, 0.25) is 0 Å². The fraction of sp³-hybridized carbons (Fsp3) is 0.506. The third-order valence-corrected chi connectivity index (χ3v) is 24.2. The van der Waals surface area contributed by atoms with Gasteiger partial charge in [0.1, 0.15) is 0 Å². The first-order valence-corrected chi connectivity index (χ1v) is 33.0. The van der Waals surface area contributed by atoms with Crippen LogP contribution in [0.4, 0.5) is 11.4 Å². The summed E-state index contributed by atoms with van der Waals surface area (Å²) in [7, 11) is 0. The molecule has 5 heteroatoms. The molecule has 0 saturated heterocycles. The maximum absolute atomic E-state index is 9.23. The van der Waals surface area contributed by atoms with E-state index in [1.807, 2.05) is 12.2 Å². The molecule has 3 aromatic rings. The Bertz CT molecular complexity index is 3710. The van der Waals surface area contributed by atoms with Crippen LogP contribution in [0.5, 0.6) is 0 Å². The van der Waals surface area contributed by atoms with Gasteiger partial charge in [-0.1, -0.05) is 181 Å². The Labute approximate surface area is 503 Å². The second kappa shape index (κ2) is 19.4. The molecule has 0 radical (unpaired) electrons. The van der Waals surface area contributed by atoms with Gasteiger partial charge in [0.05, 0.1) is 23.5 Å². The molecule has 2 aliphatic heterocycles. The van der Waals surface area contributed by atoms with E-state index >= 15 is 0 Å². The third kappa shape index (κ3) is 8.65. The molecular weight excluding hydrogens is 1010 g/mol. The Morgan fingerprint density at radius 2 is 1.52 bits per heavy atom. The van der Waals surface area contributed by atoms with E-state index in [1.165, 1.54) is 121 Å². The molecule has 2 aromatic carbocycles. The highest BCUT2D eigenvalue weighted by atomic mass is 32.1. The van der Waals surface area contributed by atoms with Crippen LogP contribution >= 0.6 is 11.3 Å². The summed E-state index contributed by atoms with van der Waals surface area (Å²) in [6, 6.07) is 12.4. The van der Waals surface area contributed by atoms with Crippen LogP contribution in [0.25, 0.3) is 15.7 Å². The Kier molecular flexibility index (Phi) is 12.1. The molecule has 14 rings (SSSR count). The van der Waals surface area contributed by atoms with Crippen molar-refractivity contribution < 1.29 is 4.11 Å². The van der Waals surface area contributed by atoms with Crippen LogP contribution in [-0.4, -0.2) is 23.7 Å². The molecule has 82 heavy (non-hydrogen) atoms. The van der Waals surface area contributed by atoms with E-state index in [0.29, 0.717) is 29.6 Å². The first-order chi connectivity index (χ1) is 40.2. The highest BCUT2D eigenvalue weighted by molar-refractivity contribution is 7.32. The maximum atomic E-state index is 9.23. The van der Waals surface area contributed by atoms with Gasteiger partial charge in [-0.3, -0.25) is 0 Å². The molecule has 11 aliphatic rings. The van der Waals surface area contributed by atoms with Gasteiger partial charge in [0, 0.05) is 59.4 Å². The topological polar surface area (TPSA) is 9.72 Å². The van der Waals surface area contributed by atoms with Crippen molar-refractivity contribution in [2.45, 2.75) is 203 Å². The van der Waals surface area contributed by atoms with Crippen molar-refractivity contribution in [2.75, 3.05) is 9.80 Å². The number of allylic oxidation sites excluding steroid dienone is 17. The fourth-order valence-electron chi connectivity index (χ4n) is 17.6. The Hall–Kier alpha value is -5.26. The van der Waals surface area contributed by atoms with Crippen molar-refractivity contribution >= 4 is 49.9 Å². The van der Waals surface area contributed by atoms with Crippen molar-refractivity contribution in [3.05, 3.63) is 189 Å². The number of fused-ring (bicyclic) bond motifs is 8. The molecule has 0 spiro atoms. The van der Waals surface area contributed by atoms with Crippen molar-refractivity contribution in [1.29, 1.82) is 0 Å². The highest BCUT2D eigenvalue weighted by Crippen LogP contribution is 2.62. The van der Waals surface area contributed by atoms with Crippen LogP contribution in [-0.2, 0) is 5.41 Å². The minimum absolute atomic E-state index is 0.0313. The van der Waals surface area contributed by atoms with Gasteiger partial charge in [-0.15, -0.1) is 11.3 Å². The average Bonchev–Trinajstić information content (AvgIpc) is 1.86. The molecule has 8 atom stereocenters. The zero-order valence-corrected chi connectivity index (χ0v) is 52.8. The monoisotopic (exact) mass is 1110 g/mol. The Morgan fingerprint density at radius 3 is 2.26 bits per heavy atom. The van der Waals surface area contributed by atoms with Crippen LogP contribution in [0.1, 0.15) is 212 Å². The molecule has 3 heterocycles. The van der Waals surface area contributed by atoms with E-state index in [1.54, 1.807) is 11.1 Å². The number of hydrogen-bond donors (Lipinski definition) is 0. The molecule has 0 amide bonds. The lowest BCUT2D eigenvalue weighted by Crippen LogP contribution is -2.59.